The Morgan fingerprint density at radius 2 is 1.90 bits per heavy atom. The fourth-order valence-corrected chi connectivity index (χ4v) is 2.87. The maximum atomic E-state index is 12.7. The van der Waals surface area contributed by atoms with E-state index < -0.39 is 12.3 Å². The molecule has 0 spiro atoms. The van der Waals surface area contributed by atoms with E-state index >= 15 is 0 Å². The molecule has 2 aromatic rings. The minimum Gasteiger partial charge on any atom is -0.357 e. The van der Waals surface area contributed by atoms with E-state index in [1.807, 2.05) is 18.2 Å². The number of alkyl halides is 2. The van der Waals surface area contributed by atoms with Crippen molar-refractivity contribution in [1.82, 2.24) is 4.98 Å². The van der Waals surface area contributed by atoms with Crippen molar-refractivity contribution in [3.8, 4) is 0 Å². The predicted octanol–water partition coefficient (Wildman–Crippen LogP) is 4.02. The topological polar surface area (TPSA) is 16.1 Å². The second-order valence-corrected chi connectivity index (χ2v) is 5.47. The van der Waals surface area contributed by atoms with Gasteiger partial charge in [-0.3, -0.25) is 0 Å². The number of fused-ring (bicyclic) bond motifs is 1. The SMILES string of the molecule is Cc1cc(N2CCC(C(F)F)CC2)nc2ccccc12. The van der Waals surface area contributed by atoms with Crippen LogP contribution in [0.2, 0.25) is 0 Å². The first kappa shape index (κ1) is 13.3. The van der Waals surface area contributed by atoms with Crippen LogP contribution >= 0.6 is 0 Å². The second kappa shape index (κ2) is 5.35. The smallest absolute Gasteiger partial charge is 0.241 e. The van der Waals surface area contributed by atoms with Gasteiger partial charge in [-0.2, -0.15) is 0 Å². The number of pyridine rings is 1. The van der Waals surface area contributed by atoms with E-state index in [4.69, 9.17) is 0 Å². The number of para-hydroxylation sites is 1. The summed E-state index contributed by atoms with van der Waals surface area (Å²) in [5.41, 5.74) is 2.15. The largest absolute Gasteiger partial charge is 0.357 e. The van der Waals surface area contributed by atoms with Gasteiger partial charge in [-0.15, -0.1) is 0 Å². The number of anilines is 1. The van der Waals surface area contributed by atoms with E-state index in [1.165, 1.54) is 5.56 Å². The molecular weight excluding hydrogens is 258 g/mol. The van der Waals surface area contributed by atoms with Crippen molar-refractivity contribution in [2.75, 3.05) is 18.0 Å². The Morgan fingerprint density at radius 3 is 2.60 bits per heavy atom. The molecule has 1 aliphatic rings. The van der Waals surface area contributed by atoms with Crippen LogP contribution < -0.4 is 4.90 Å². The summed E-state index contributed by atoms with van der Waals surface area (Å²) in [5, 5.41) is 1.15. The van der Waals surface area contributed by atoms with E-state index in [2.05, 4.69) is 28.9 Å². The maximum Gasteiger partial charge on any atom is 0.241 e. The molecule has 0 N–H and O–H groups in total. The quantitative estimate of drug-likeness (QED) is 0.823. The van der Waals surface area contributed by atoms with E-state index in [9.17, 15) is 8.78 Å². The van der Waals surface area contributed by atoms with Gasteiger partial charge in [-0.25, -0.2) is 13.8 Å². The number of benzene rings is 1. The van der Waals surface area contributed by atoms with Crippen molar-refractivity contribution < 1.29 is 8.78 Å². The summed E-state index contributed by atoms with van der Waals surface area (Å²) < 4.78 is 25.4. The summed E-state index contributed by atoms with van der Waals surface area (Å²) in [6.07, 6.45) is -1.10. The first-order chi connectivity index (χ1) is 9.65. The van der Waals surface area contributed by atoms with Crippen LogP contribution in [0.1, 0.15) is 18.4 Å². The molecule has 0 bridgehead atoms. The van der Waals surface area contributed by atoms with Crippen LogP contribution in [0.15, 0.2) is 30.3 Å². The lowest BCUT2D eigenvalue weighted by Crippen LogP contribution is -2.36. The summed E-state index contributed by atoms with van der Waals surface area (Å²) in [7, 11) is 0. The number of nitrogens with zero attached hydrogens (tertiary/aromatic N) is 2. The normalized spacial score (nSPS) is 17.1. The fourth-order valence-electron chi connectivity index (χ4n) is 2.87. The summed E-state index contributed by atoms with van der Waals surface area (Å²) in [5.74, 6) is 0.460. The highest BCUT2D eigenvalue weighted by Gasteiger charge is 2.26. The highest BCUT2D eigenvalue weighted by atomic mass is 19.3. The molecule has 4 heteroatoms. The number of hydrogen-bond acceptors (Lipinski definition) is 2. The van der Waals surface area contributed by atoms with Crippen LogP contribution in [-0.2, 0) is 0 Å². The zero-order chi connectivity index (χ0) is 14.1. The number of rotatable bonds is 2. The molecule has 1 aliphatic heterocycles. The van der Waals surface area contributed by atoms with Gasteiger partial charge in [-0.05, 0) is 37.5 Å². The van der Waals surface area contributed by atoms with Crippen LogP contribution in [0.25, 0.3) is 10.9 Å². The fraction of sp³-hybridized carbons (Fsp3) is 0.438. The maximum absolute atomic E-state index is 12.7. The molecule has 20 heavy (non-hydrogen) atoms. The highest BCUT2D eigenvalue weighted by molar-refractivity contribution is 5.83. The van der Waals surface area contributed by atoms with Crippen molar-refractivity contribution in [2.24, 2.45) is 5.92 Å². The van der Waals surface area contributed by atoms with Crippen LogP contribution in [0.3, 0.4) is 0 Å². The van der Waals surface area contributed by atoms with Gasteiger partial charge in [-0.1, -0.05) is 18.2 Å². The van der Waals surface area contributed by atoms with Crippen molar-refractivity contribution in [3.05, 3.63) is 35.9 Å². The first-order valence-electron chi connectivity index (χ1n) is 7.04. The van der Waals surface area contributed by atoms with Gasteiger partial charge in [0.2, 0.25) is 6.43 Å². The molecule has 2 heterocycles. The number of piperidine rings is 1. The van der Waals surface area contributed by atoms with Gasteiger partial charge >= 0.3 is 0 Å². The van der Waals surface area contributed by atoms with E-state index in [-0.39, 0.29) is 0 Å². The lowest BCUT2D eigenvalue weighted by Gasteiger charge is -2.32. The predicted molar refractivity (Wildman–Crippen MR) is 77.4 cm³/mol. The number of aromatic nitrogens is 1. The lowest BCUT2D eigenvalue weighted by atomic mass is 9.97. The molecule has 2 nitrogen and oxygen atoms in total. The molecule has 0 atom stereocenters. The van der Waals surface area contributed by atoms with Crippen molar-refractivity contribution in [3.63, 3.8) is 0 Å². The Morgan fingerprint density at radius 1 is 1.20 bits per heavy atom. The van der Waals surface area contributed by atoms with Gasteiger partial charge < -0.3 is 4.90 Å². The molecule has 106 valence electrons. The van der Waals surface area contributed by atoms with Crippen molar-refractivity contribution in [1.29, 1.82) is 0 Å². The molecule has 1 fully saturated rings. The van der Waals surface area contributed by atoms with Gasteiger partial charge in [0.05, 0.1) is 5.52 Å². The standard InChI is InChI=1S/C16H18F2N2/c1-11-10-15(19-14-5-3-2-4-13(11)14)20-8-6-12(7-9-20)16(17)18/h2-5,10,12,16H,6-9H2,1H3. The molecule has 0 radical (unpaired) electrons. The van der Waals surface area contributed by atoms with Crippen LogP contribution in [0.4, 0.5) is 14.6 Å². The minimum absolute atomic E-state index is 0.451. The van der Waals surface area contributed by atoms with E-state index in [0.29, 0.717) is 25.9 Å². The van der Waals surface area contributed by atoms with E-state index in [1.54, 1.807) is 0 Å². The zero-order valence-electron chi connectivity index (χ0n) is 11.5. The molecule has 3 rings (SSSR count). The molecule has 0 amide bonds. The number of halogens is 2. The summed E-state index contributed by atoms with van der Waals surface area (Å²) >= 11 is 0. The van der Waals surface area contributed by atoms with E-state index in [0.717, 1.165) is 16.7 Å². The average Bonchev–Trinajstić information content (AvgIpc) is 2.47. The molecule has 0 unspecified atom stereocenters. The monoisotopic (exact) mass is 276 g/mol. The molecule has 1 aromatic heterocycles. The molecule has 0 saturated carbocycles. The van der Waals surface area contributed by atoms with Crippen LogP contribution in [-0.4, -0.2) is 24.5 Å². The Balaban J connectivity index is 1.85. The highest BCUT2D eigenvalue weighted by Crippen LogP contribution is 2.28. The Labute approximate surface area is 117 Å². The van der Waals surface area contributed by atoms with Crippen LogP contribution in [0, 0.1) is 12.8 Å². The number of hydrogen-bond donors (Lipinski definition) is 0. The minimum atomic E-state index is -2.19. The third-order valence-corrected chi connectivity index (χ3v) is 4.13. The second-order valence-electron chi connectivity index (χ2n) is 5.47. The summed E-state index contributed by atoms with van der Waals surface area (Å²) in [4.78, 5) is 6.79. The van der Waals surface area contributed by atoms with Gasteiger partial charge in [0, 0.05) is 24.4 Å². The third kappa shape index (κ3) is 2.47. The van der Waals surface area contributed by atoms with Crippen molar-refractivity contribution >= 4 is 16.7 Å². The number of aryl methyl sites for hydroxylation is 1. The van der Waals surface area contributed by atoms with Gasteiger partial charge in [0.25, 0.3) is 0 Å². The molecular formula is C16H18F2N2. The lowest BCUT2D eigenvalue weighted by molar-refractivity contribution is 0.0635. The Bertz CT molecular complexity index is 604. The molecule has 1 aromatic carbocycles. The van der Waals surface area contributed by atoms with Gasteiger partial charge in [0.15, 0.2) is 0 Å². The first-order valence-corrected chi connectivity index (χ1v) is 7.04. The summed E-state index contributed by atoms with van der Waals surface area (Å²) in [6, 6.07) is 10.1. The van der Waals surface area contributed by atoms with Crippen molar-refractivity contribution in [2.45, 2.75) is 26.2 Å². The molecule has 0 aliphatic carbocycles. The van der Waals surface area contributed by atoms with Gasteiger partial charge in [0.1, 0.15) is 5.82 Å². The zero-order valence-corrected chi connectivity index (χ0v) is 11.5. The molecule has 1 saturated heterocycles. The Kier molecular flexibility index (Phi) is 3.55. The average molecular weight is 276 g/mol. The Hall–Kier alpha value is -1.71. The van der Waals surface area contributed by atoms with Crippen LogP contribution in [0.5, 0.6) is 0 Å². The third-order valence-electron chi connectivity index (χ3n) is 4.13. The summed E-state index contributed by atoms with van der Waals surface area (Å²) in [6.45, 7) is 3.40.